The van der Waals surface area contributed by atoms with Crippen LogP contribution in [0.1, 0.15) is 38.3 Å². The van der Waals surface area contributed by atoms with Gasteiger partial charge in [-0.25, -0.2) is 0 Å². The highest BCUT2D eigenvalue weighted by atomic mass is 16.5. The van der Waals surface area contributed by atoms with Crippen molar-refractivity contribution in [3.8, 4) is 5.75 Å². The van der Waals surface area contributed by atoms with Crippen molar-refractivity contribution >= 4 is 0 Å². The summed E-state index contributed by atoms with van der Waals surface area (Å²) in [7, 11) is 0. The van der Waals surface area contributed by atoms with Gasteiger partial charge in [0.05, 0.1) is 6.10 Å². The summed E-state index contributed by atoms with van der Waals surface area (Å²) in [6.07, 6.45) is 0.322. The van der Waals surface area contributed by atoms with Crippen LogP contribution in [-0.4, -0.2) is 23.9 Å². The summed E-state index contributed by atoms with van der Waals surface area (Å²) in [5, 5.41) is 12.9. The normalized spacial score (nSPS) is 12.8. The number of ether oxygens (including phenoxy) is 1. The standard InChI is InChI=1S/C15H25NO2/c1-5-14(17)10-18-15-7-6-12(4)8-13(15)9-16-11(2)3/h6-8,11,14,16-17H,5,9-10H2,1-4H3. The van der Waals surface area contributed by atoms with E-state index in [1.807, 2.05) is 19.1 Å². The van der Waals surface area contributed by atoms with Crippen LogP contribution < -0.4 is 10.1 Å². The first-order chi connectivity index (χ1) is 8.52. The summed E-state index contributed by atoms with van der Waals surface area (Å²) < 4.78 is 5.69. The first kappa shape index (κ1) is 15.0. The number of benzene rings is 1. The molecule has 1 rings (SSSR count). The van der Waals surface area contributed by atoms with Gasteiger partial charge in [-0.3, -0.25) is 0 Å². The second kappa shape index (κ2) is 7.39. The monoisotopic (exact) mass is 251 g/mol. The van der Waals surface area contributed by atoms with Crippen LogP contribution in [0.2, 0.25) is 0 Å². The quantitative estimate of drug-likeness (QED) is 0.783. The molecule has 0 bridgehead atoms. The van der Waals surface area contributed by atoms with Crippen molar-refractivity contribution < 1.29 is 9.84 Å². The predicted octanol–water partition coefficient (Wildman–Crippen LogP) is 2.64. The van der Waals surface area contributed by atoms with Gasteiger partial charge in [-0.15, -0.1) is 0 Å². The Balaban J connectivity index is 2.69. The van der Waals surface area contributed by atoms with Crippen molar-refractivity contribution in [1.29, 1.82) is 0 Å². The van der Waals surface area contributed by atoms with Crippen molar-refractivity contribution in [3.63, 3.8) is 0 Å². The first-order valence-electron chi connectivity index (χ1n) is 6.66. The molecule has 1 aromatic rings. The van der Waals surface area contributed by atoms with Gasteiger partial charge in [-0.05, 0) is 19.4 Å². The van der Waals surface area contributed by atoms with Gasteiger partial charge >= 0.3 is 0 Å². The molecule has 0 saturated carbocycles. The van der Waals surface area contributed by atoms with Crippen LogP contribution in [0, 0.1) is 6.92 Å². The average Bonchev–Trinajstić information content (AvgIpc) is 2.34. The van der Waals surface area contributed by atoms with Crippen LogP contribution in [0.25, 0.3) is 0 Å². The highest BCUT2D eigenvalue weighted by molar-refractivity contribution is 5.36. The molecule has 1 aromatic carbocycles. The minimum absolute atomic E-state index is 0.355. The van der Waals surface area contributed by atoms with Crippen molar-refractivity contribution in [2.75, 3.05) is 6.61 Å². The van der Waals surface area contributed by atoms with Crippen molar-refractivity contribution in [2.45, 2.75) is 52.8 Å². The molecule has 2 N–H and O–H groups in total. The van der Waals surface area contributed by atoms with E-state index in [1.165, 1.54) is 5.56 Å². The number of rotatable bonds is 7. The smallest absolute Gasteiger partial charge is 0.123 e. The van der Waals surface area contributed by atoms with E-state index in [1.54, 1.807) is 0 Å². The van der Waals surface area contributed by atoms with Crippen LogP contribution in [0.15, 0.2) is 18.2 Å². The second-order valence-corrected chi connectivity index (χ2v) is 5.02. The molecule has 0 aromatic heterocycles. The molecule has 1 atom stereocenters. The summed E-state index contributed by atoms with van der Waals surface area (Å²) in [5.74, 6) is 0.862. The minimum Gasteiger partial charge on any atom is -0.491 e. The highest BCUT2D eigenvalue weighted by Crippen LogP contribution is 2.20. The number of aryl methyl sites for hydroxylation is 1. The molecule has 3 heteroatoms. The maximum Gasteiger partial charge on any atom is 0.123 e. The fraction of sp³-hybridized carbons (Fsp3) is 0.600. The molecule has 0 radical (unpaired) electrons. The molecule has 0 aliphatic heterocycles. The van der Waals surface area contributed by atoms with Gasteiger partial charge in [0.2, 0.25) is 0 Å². The Bertz CT molecular complexity index is 364. The van der Waals surface area contributed by atoms with Gasteiger partial charge in [0.1, 0.15) is 12.4 Å². The molecule has 0 heterocycles. The first-order valence-corrected chi connectivity index (χ1v) is 6.66. The van der Waals surface area contributed by atoms with Gasteiger partial charge in [-0.2, -0.15) is 0 Å². The Hall–Kier alpha value is -1.06. The second-order valence-electron chi connectivity index (χ2n) is 5.02. The maximum atomic E-state index is 9.54. The maximum absolute atomic E-state index is 9.54. The summed E-state index contributed by atoms with van der Waals surface area (Å²) in [5.41, 5.74) is 2.37. The molecule has 1 unspecified atom stereocenters. The van der Waals surface area contributed by atoms with Gasteiger partial charge < -0.3 is 15.2 Å². The summed E-state index contributed by atoms with van der Waals surface area (Å²) in [4.78, 5) is 0. The van der Waals surface area contributed by atoms with E-state index in [0.29, 0.717) is 19.1 Å². The molecular formula is C15H25NO2. The zero-order valence-corrected chi connectivity index (χ0v) is 11.9. The van der Waals surface area contributed by atoms with E-state index in [2.05, 4.69) is 32.2 Å². The Labute approximate surface area is 110 Å². The number of aliphatic hydroxyl groups is 1. The molecule has 102 valence electrons. The molecule has 18 heavy (non-hydrogen) atoms. The van der Waals surface area contributed by atoms with E-state index in [0.717, 1.165) is 17.9 Å². The SMILES string of the molecule is CCC(O)COc1ccc(C)cc1CNC(C)C. The van der Waals surface area contributed by atoms with Crippen molar-refractivity contribution in [3.05, 3.63) is 29.3 Å². The largest absolute Gasteiger partial charge is 0.491 e. The molecular weight excluding hydrogens is 226 g/mol. The number of nitrogens with one attached hydrogen (secondary N) is 1. The number of hydrogen-bond acceptors (Lipinski definition) is 3. The van der Waals surface area contributed by atoms with Gasteiger partial charge in [0.25, 0.3) is 0 Å². The van der Waals surface area contributed by atoms with Crippen LogP contribution in [0.3, 0.4) is 0 Å². The van der Waals surface area contributed by atoms with E-state index in [4.69, 9.17) is 4.74 Å². The highest BCUT2D eigenvalue weighted by Gasteiger charge is 2.07. The lowest BCUT2D eigenvalue weighted by Gasteiger charge is -2.16. The van der Waals surface area contributed by atoms with E-state index in [-0.39, 0.29) is 0 Å². The summed E-state index contributed by atoms with van der Waals surface area (Å²) in [6.45, 7) is 9.41. The predicted molar refractivity (Wildman–Crippen MR) is 74.9 cm³/mol. The Kier molecular flexibility index (Phi) is 6.16. The Morgan fingerprint density at radius 2 is 2.06 bits per heavy atom. The van der Waals surface area contributed by atoms with Gasteiger partial charge in [0, 0.05) is 18.2 Å². The van der Waals surface area contributed by atoms with Gasteiger partial charge in [0.15, 0.2) is 0 Å². The van der Waals surface area contributed by atoms with Crippen molar-refractivity contribution in [2.24, 2.45) is 0 Å². The minimum atomic E-state index is -0.391. The van der Waals surface area contributed by atoms with Gasteiger partial charge in [-0.1, -0.05) is 38.5 Å². The molecule has 0 fully saturated rings. The fourth-order valence-corrected chi connectivity index (χ4v) is 1.61. The zero-order chi connectivity index (χ0) is 13.5. The molecule has 0 saturated heterocycles. The van der Waals surface area contributed by atoms with Crippen LogP contribution in [0.4, 0.5) is 0 Å². The topological polar surface area (TPSA) is 41.5 Å². The summed E-state index contributed by atoms with van der Waals surface area (Å²) in [6, 6.07) is 6.59. The lowest BCUT2D eigenvalue weighted by atomic mass is 10.1. The lowest BCUT2D eigenvalue weighted by molar-refractivity contribution is 0.104. The van der Waals surface area contributed by atoms with Crippen LogP contribution in [0.5, 0.6) is 5.75 Å². The lowest BCUT2D eigenvalue weighted by Crippen LogP contribution is -2.23. The van der Waals surface area contributed by atoms with Crippen LogP contribution >= 0.6 is 0 Å². The summed E-state index contributed by atoms with van der Waals surface area (Å²) >= 11 is 0. The third-order valence-electron chi connectivity index (χ3n) is 2.82. The molecule has 0 spiro atoms. The molecule has 0 aliphatic rings. The molecule has 0 amide bonds. The molecule has 0 aliphatic carbocycles. The third kappa shape index (κ3) is 5.07. The van der Waals surface area contributed by atoms with E-state index in [9.17, 15) is 5.11 Å². The van der Waals surface area contributed by atoms with E-state index < -0.39 is 6.10 Å². The Morgan fingerprint density at radius 3 is 2.67 bits per heavy atom. The molecule has 3 nitrogen and oxygen atoms in total. The third-order valence-corrected chi connectivity index (χ3v) is 2.82. The zero-order valence-electron chi connectivity index (χ0n) is 11.9. The van der Waals surface area contributed by atoms with Crippen LogP contribution in [-0.2, 0) is 6.54 Å². The Morgan fingerprint density at radius 1 is 1.33 bits per heavy atom. The van der Waals surface area contributed by atoms with Crippen molar-refractivity contribution in [1.82, 2.24) is 5.32 Å². The fourth-order valence-electron chi connectivity index (χ4n) is 1.61. The number of aliphatic hydroxyl groups excluding tert-OH is 1. The number of hydrogen-bond donors (Lipinski definition) is 2. The average molecular weight is 251 g/mol. The van der Waals surface area contributed by atoms with E-state index >= 15 is 0 Å².